The summed E-state index contributed by atoms with van der Waals surface area (Å²) in [7, 11) is 0. The first kappa shape index (κ1) is 17.9. The van der Waals surface area contributed by atoms with Crippen LogP contribution in [-0.4, -0.2) is 44.8 Å². The van der Waals surface area contributed by atoms with Gasteiger partial charge in [-0.25, -0.2) is 9.97 Å². The second-order valence-corrected chi connectivity index (χ2v) is 6.77. The highest BCUT2D eigenvalue weighted by atomic mass is 16.4. The number of carbonyl (C=O) groups is 2. The number of hydrogen-bond acceptors (Lipinski definition) is 7. The third-order valence-corrected chi connectivity index (χ3v) is 4.91. The highest BCUT2D eigenvalue weighted by Gasteiger charge is 2.27. The van der Waals surface area contributed by atoms with E-state index in [9.17, 15) is 9.59 Å². The zero-order valence-electron chi connectivity index (χ0n) is 15.4. The fourth-order valence-corrected chi connectivity index (χ4v) is 3.30. The van der Waals surface area contributed by atoms with Gasteiger partial charge >= 0.3 is 6.01 Å². The number of aryl methyl sites for hydroxylation is 1. The average molecular weight is 380 g/mol. The van der Waals surface area contributed by atoms with Gasteiger partial charge in [-0.1, -0.05) is 12.1 Å². The summed E-state index contributed by atoms with van der Waals surface area (Å²) in [4.78, 5) is 38.6. The van der Waals surface area contributed by atoms with Gasteiger partial charge in [-0.3, -0.25) is 14.9 Å². The summed E-state index contributed by atoms with van der Waals surface area (Å²) >= 11 is 0. The van der Waals surface area contributed by atoms with Gasteiger partial charge in [-0.15, -0.1) is 0 Å². The highest BCUT2D eigenvalue weighted by Crippen LogP contribution is 2.22. The molecule has 0 atom stereocenters. The van der Waals surface area contributed by atoms with Crippen molar-refractivity contribution in [3.8, 4) is 0 Å². The van der Waals surface area contributed by atoms with Crippen molar-refractivity contribution in [2.24, 2.45) is 11.7 Å². The Morgan fingerprint density at radius 2 is 1.96 bits per heavy atom. The molecule has 3 heterocycles. The molecule has 3 N–H and O–H groups in total. The molecule has 9 nitrogen and oxygen atoms in total. The van der Waals surface area contributed by atoms with Gasteiger partial charge in [-0.2, -0.15) is 4.98 Å². The van der Waals surface area contributed by atoms with E-state index in [0.717, 1.165) is 5.52 Å². The molecule has 0 bridgehead atoms. The number of nitrogens with one attached hydrogen (secondary N) is 1. The summed E-state index contributed by atoms with van der Waals surface area (Å²) in [6, 6.07) is 7.70. The first-order valence-electron chi connectivity index (χ1n) is 9.06. The van der Waals surface area contributed by atoms with Crippen molar-refractivity contribution in [2.75, 3.05) is 18.4 Å². The topological polar surface area (TPSA) is 127 Å². The van der Waals surface area contributed by atoms with Gasteiger partial charge in [-0.05, 0) is 31.9 Å². The van der Waals surface area contributed by atoms with E-state index in [1.54, 1.807) is 11.8 Å². The molecule has 144 valence electrons. The summed E-state index contributed by atoms with van der Waals surface area (Å²) in [6.45, 7) is 2.74. The molecule has 2 aromatic heterocycles. The molecule has 1 aromatic carbocycles. The number of amides is 2. The van der Waals surface area contributed by atoms with Crippen LogP contribution in [0.4, 0.5) is 12.0 Å². The first-order chi connectivity index (χ1) is 13.5. The summed E-state index contributed by atoms with van der Waals surface area (Å²) < 4.78 is 5.60. The molecule has 1 saturated heterocycles. The fourth-order valence-electron chi connectivity index (χ4n) is 3.30. The van der Waals surface area contributed by atoms with Gasteiger partial charge in [0.1, 0.15) is 5.52 Å². The number of hydrogen-bond donors (Lipinski definition) is 2. The Morgan fingerprint density at radius 1 is 1.21 bits per heavy atom. The van der Waals surface area contributed by atoms with E-state index in [1.165, 1.54) is 6.20 Å². The Bertz CT molecular complexity index is 1010. The normalized spacial score (nSPS) is 15.0. The van der Waals surface area contributed by atoms with Gasteiger partial charge < -0.3 is 15.1 Å². The number of aromatic nitrogens is 3. The number of para-hydroxylation sites is 2. The molecule has 1 aliphatic heterocycles. The maximum Gasteiger partial charge on any atom is 0.302 e. The zero-order valence-corrected chi connectivity index (χ0v) is 15.4. The summed E-state index contributed by atoms with van der Waals surface area (Å²) in [6.07, 6.45) is 2.66. The minimum Gasteiger partial charge on any atom is -0.423 e. The van der Waals surface area contributed by atoms with E-state index in [2.05, 4.69) is 20.3 Å². The molecule has 28 heavy (non-hydrogen) atoms. The number of nitrogens with zero attached hydrogens (tertiary/aromatic N) is 4. The maximum absolute atomic E-state index is 12.8. The third kappa shape index (κ3) is 3.51. The standard InChI is InChI=1S/C19H20N6O3/c1-11-13(17(27)25-8-6-12(7-9-25)16(20)26)10-21-18(22-11)24-19-23-14-4-2-3-5-15(14)28-19/h2-5,10,12H,6-9H2,1H3,(H2,20,26)(H,21,22,23,24). The van der Waals surface area contributed by atoms with Crippen LogP contribution in [0.1, 0.15) is 28.9 Å². The van der Waals surface area contributed by atoms with Crippen molar-refractivity contribution >= 4 is 34.9 Å². The lowest BCUT2D eigenvalue weighted by Gasteiger charge is -2.30. The van der Waals surface area contributed by atoms with Crippen molar-refractivity contribution in [2.45, 2.75) is 19.8 Å². The Morgan fingerprint density at radius 3 is 2.64 bits per heavy atom. The van der Waals surface area contributed by atoms with Gasteiger partial charge in [0, 0.05) is 25.2 Å². The van der Waals surface area contributed by atoms with Crippen molar-refractivity contribution in [1.82, 2.24) is 19.9 Å². The molecular formula is C19H20N6O3. The van der Waals surface area contributed by atoms with Crippen LogP contribution >= 0.6 is 0 Å². The van der Waals surface area contributed by atoms with Crippen molar-refractivity contribution in [3.05, 3.63) is 41.7 Å². The van der Waals surface area contributed by atoms with Crippen molar-refractivity contribution in [3.63, 3.8) is 0 Å². The van der Waals surface area contributed by atoms with Gasteiger partial charge in [0.25, 0.3) is 5.91 Å². The van der Waals surface area contributed by atoms with Gasteiger partial charge in [0.15, 0.2) is 5.58 Å². The maximum atomic E-state index is 12.8. The number of anilines is 2. The number of benzene rings is 1. The van der Waals surface area contributed by atoms with Crippen LogP contribution in [0, 0.1) is 12.8 Å². The second kappa shape index (κ2) is 7.26. The minimum atomic E-state index is -0.304. The second-order valence-electron chi connectivity index (χ2n) is 6.77. The zero-order chi connectivity index (χ0) is 19.7. The molecule has 4 rings (SSSR count). The Balaban J connectivity index is 1.46. The van der Waals surface area contributed by atoms with Crippen molar-refractivity contribution < 1.29 is 14.0 Å². The quantitative estimate of drug-likeness (QED) is 0.708. The number of fused-ring (bicyclic) bond motifs is 1. The predicted octanol–water partition coefficient (Wildman–Crippen LogP) is 2.01. The molecule has 0 aliphatic carbocycles. The lowest BCUT2D eigenvalue weighted by atomic mass is 9.96. The molecule has 0 unspecified atom stereocenters. The number of primary amides is 1. The Labute approximate surface area is 161 Å². The largest absolute Gasteiger partial charge is 0.423 e. The summed E-state index contributed by atoms with van der Waals surface area (Å²) in [5.74, 6) is -0.313. The molecule has 0 radical (unpaired) electrons. The smallest absolute Gasteiger partial charge is 0.302 e. The monoisotopic (exact) mass is 380 g/mol. The molecule has 1 aliphatic rings. The van der Waals surface area contributed by atoms with Crippen LogP contribution in [0.3, 0.4) is 0 Å². The number of rotatable bonds is 4. The number of carbonyl (C=O) groups excluding carboxylic acids is 2. The van der Waals surface area contributed by atoms with E-state index in [4.69, 9.17) is 10.2 Å². The fraction of sp³-hybridized carbons (Fsp3) is 0.316. The number of oxazole rings is 1. The van der Waals surface area contributed by atoms with E-state index < -0.39 is 0 Å². The SMILES string of the molecule is Cc1nc(Nc2nc3ccccc3o2)ncc1C(=O)N1CCC(C(N)=O)CC1. The van der Waals surface area contributed by atoms with Crippen LogP contribution in [0.2, 0.25) is 0 Å². The molecule has 1 fully saturated rings. The molecular weight excluding hydrogens is 360 g/mol. The minimum absolute atomic E-state index is 0.145. The molecule has 0 spiro atoms. The first-order valence-corrected chi connectivity index (χ1v) is 9.06. The van der Waals surface area contributed by atoms with Crippen molar-refractivity contribution in [1.29, 1.82) is 0 Å². The Kier molecular flexibility index (Phi) is 4.64. The number of piperidine rings is 1. The molecule has 9 heteroatoms. The number of nitrogens with two attached hydrogens (primary N) is 1. The summed E-state index contributed by atoms with van der Waals surface area (Å²) in [5, 5.41) is 2.92. The Hall–Kier alpha value is -3.49. The summed E-state index contributed by atoms with van der Waals surface area (Å²) in [5.41, 5.74) is 7.72. The van der Waals surface area contributed by atoms with Gasteiger partial charge in [0.2, 0.25) is 11.9 Å². The van der Waals surface area contributed by atoms with Crippen LogP contribution in [0.5, 0.6) is 0 Å². The van der Waals surface area contributed by atoms with Crippen LogP contribution in [0.15, 0.2) is 34.9 Å². The number of likely N-dealkylation sites (tertiary alicyclic amines) is 1. The molecule has 0 saturated carbocycles. The van der Waals surface area contributed by atoms with E-state index in [0.29, 0.717) is 48.7 Å². The predicted molar refractivity (Wildman–Crippen MR) is 102 cm³/mol. The molecule has 2 amide bonds. The average Bonchev–Trinajstić information content (AvgIpc) is 3.10. The van der Waals surface area contributed by atoms with Crippen LogP contribution < -0.4 is 11.1 Å². The van der Waals surface area contributed by atoms with E-state index in [-0.39, 0.29) is 23.7 Å². The van der Waals surface area contributed by atoms with E-state index >= 15 is 0 Å². The lowest BCUT2D eigenvalue weighted by molar-refractivity contribution is -0.123. The van der Waals surface area contributed by atoms with Gasteiger partial charge in [0.05, 0.1) is 11.3 Å². The lowest BCUT2D eigenvalue weighted by Crippen LogP contribution is -2.42. The van der Waals surface area contributed by atoms with Crippen LogP contribution in [-0.2, 0) is 4.79 Å². The molecule has 3 aromatic rings. The highest BCUT2D eigenvalue weighted by molar-refractivity contribution is 5.95. The third-order valence-electron chi connectivity index (χ3n) is 4.91. The van der Waals surface area contributed by atoms with Crippen LogP contribution in [0.25, 0.3) is 11.1 Å². The van der Waals surface area contributed by atoms with E-state index in [1.807, 2.05) is 24.3 Å².